The number of nitrogens with zero attached hydrogens (tertiary/aromatic N) is 4. The Morgan fingerprint density at radius 3 is 2.52 bits per heavy atom. The molecule has 2 aromatic heterocycles. The van der Waals surface area contributed by atoms with E-state index in [1.165, 1.54) is 0 Å². The van der Waals surface area contributed by atoms with Gasteiger partial charge < -0.3 is 9.88 Å². The molecular formula is C21H23F2N5O. The summed E-state index contributed by atoms with van der Waals surface area (Å²) in [7, 11) is 0. The first kappa shape index (κ1) is 19.4. The quantitative estimate of drug-likeness (QED) is 0.684. The monoisotopic (exact) mass is 399 g/mol. The van der Waals surface area contributed by atoms with Gasteiger partial charge in [0.15, 0.2) is 5.82 Å². The molecule has 1 aromatic carbocycles. The van der Waals surface area contributed by atoms with E-state index in [1.807, 2.05) is 11.8 Å². The molecule has 1 N–H and O–H groups in total. The first-order valence-electron chi connectivity index (χ1n) is 9.77. The molecule has 0 atom stereocenters. The van der Waals surface area contributed by atoms with Crippen molar-refractivity contribution < 1.29 is 8.78 Å². The van der Waals surface area contributed by atoms with Gasteiger partial charge in [0.05, 0.1) is 11.2 Å². The molecule has 0 saturated carbocycles. The lowest BCUT2D eigenvalue weighted by Gasteiger charge is -2.36. The van der Waals surface area contributed by atoms with E-state index >= 15 is 0 Å². The number of pyridine rings is 1. The van der Waals surface area contributed by atoms with Gasteiger partial charge >= 0.3 is 0 Å². The summed E-state index contributed by atoms with van der Waals surface area (Å²) in [4.78, 5) is 26.8. The molecule has 0 unspecified atom stereocenters. The smallest absolute Gasteiger partial charge is 0.270 e. The predicted molar refractivity (Wildman–Crippen MR) is 108 cm³/mol. The van der Waals surface area contributed by atoms with E-state index in [9.17, 15) is 13.6 Å². The molecule has 1 fully saturated rings. The second kappa shape index (κ2) is 7.87. The molecule has 0 spiro atoms. The number of H-pyrrole nitrogens is 1. The highest BCUT2D eigenvalue weighted by atomic mass is 19.1. The third kappa shape index (κ3) is 3.85. The average molecular weight is 399 g/mol. The number of aryl methyl sites for hydroxylation is 2. The molecule has 3 aromatic rings. The molecule has 0 amide bonds. The Bertz CT molecular complexity index is 1110. The summed E-state index contributed by atoms with van der Waals surface area (Å²) in [5.74, 6) is -0.895. The Kier molecular flexibility index (Phi) is 5.27. The van der Waals surface area contributed by atoms with E-state index in [-0.39, 0.29) is 11.1 Å². The highest BCUT2D eigenvalue weighted by Crippen LogP contribution is 2.22. The zero-order chi connectivity index (χ0) is 20.5. The summed E-state index contributed by atoms with van der Waals surface area (Å²) in [6.45, 7) is 6.63. The SMILES string of the molecule is CCc1nc2ccc(CN3CCN(c4ccc(C)nc4F)CC3)c(F)c2[nH]c1=O. The molecule has 1 saturated heterocycles. The molecule has 1 aliphatic heterocycles. The van der Waals surface area contributed by atoms with Crippen molar-refractivity contribution in [1.29, 1.82) is 0 Å². The molecular weight excluding hydrogens is 376 g/mol. The summed E-state index contributed by atoms with van der Waals surface area (Å²) < 4.78 is 29.1. The second-order valence-electron chi connectivity index (χ2n) is 7.32. The van der Waals surface area contributed by atoms with Gasteiger partial charge in [0.25, 0.3) is 5.56 Å². The van der Waals surface area contributed by atoms with E-state index in [0.29, 0.717) is 67.3 Å². The van der Waals surface area contributed by atoms with Gasteiger partial charge in [-0.05, 0) is 31.5 Å². The molecule has 0 radical (unpaired) electrons. The van der Waals surface area contributed by atoms with Crippen LogP contribution in [0.25, 0.3) is 11.0 Å². The lowest BCUT2D eigenvalue weighted by Crippen LogP contribution is -2.46. The van der Waals surface area contributed by atoms with Crippen LogP contribution in [0.5, 0.6) is 0 Å². The molecule has 3 heterocycles. The largest absolute Gasteiger partial charge is 0.365 e. The van der Waals surface area contributed by atoms with Gasteiger partial charge in [0.1, 0.15) is 11.2 Å². The second-order valence-corrected chi connectivity index (χ2v) is 7.32. The highest BCUT2D eigenvalue weighted by Gasteiger charge is 2.21. The van der Waals surface area contributed by atoms with Gasteiger partial charge in [0.2, 0.25) is 5.95 Å². The maximum Gasteiger partial charge on any atom is 0.270 e. The number of hydrogen-bond acceptors (Lipinski definition) is 5. The number of anilines is 1. The van der Waals surface area contributed by atoms with Crippen LogP contribution >= 0.6 is 0 Å². The predicted octanol–water partition coefficient (Wildman–Crippen LogP) is 2.79. The number of aromatic nitrogens is 3. The van der Waals surface area contributed by atoms with Crippen LogP contribution in [0.15, 0.2) is 29.1 Å². The number of aromatic amines is 1. The van der Waals surface area contributed by atoms with Crippen LogP contribution in [-0.4, -0.2) is 46.0 Å². The van der Waals surface area contributed by atoms with Crippen molar-refractivity contribution >= 4 is 16.7 Å². The summed E-state index contributed by atoms with van der Waals surface area (Å²) in [5.41, 5.74) is 2.32. The van der Waals surface area contributed by atoms with Gasteiger partial charge in [-0.2, -0.15) is 4.39 Å². The topological polar surface area (TPSA) is 65.1 Å². The number of rotatable bonds is 4. The Balaban J connectivity index is 1.48. The van der Waals surface area contributed by atoms with Gasteiger partial charge in [-0.1, -0.05) is 13.0 Å². The molecule has 0 bridgehead atoms. The standard InChI is InChI=1S/C21H23F2N5O/c1-3-15-21(29)26-19-16(25-15)6-5-14(18(19)22)12-27-8-10-28(11-9-27)17-7-4-13(2)24-20(17)23/h4-7H,3,8-12H2,1-2H3,(H,26,29). The summed E-state index contributed by atoms with van der Waals surface area (Å²) >= 11 is 0. The van der Waals surface area contributed by atoms with Crippen LogP contribution < -0.4 is 10.5 Å². The van der Waals surface area contributed by atoms with E-state index in [2.05, 4.69) is 19.9 Å². The number of hydrogen-bond donors (Lipinski definition) is 1. The molecule has 152 valence electrons. The maximum atomic E-state index is 15.0. The van der Waals surface area contributed by atoms with Crippen molar-refractivity contribution in [2.75, 3.05) is 31.1 Å². The number of halogens is 2. The Morgan fingerprint density at radius 2 is 1.83 bits per heavy atom. The fourth-order valence-electron chi connectivity index (χ4n) is 3.71. The molecule has 8 heteroatoms. The van der Waals surface area contributed by atoms with Crippen molar-refractivity contribution in [2.24, 2.45) is 0 Å². The van der Waals surface area contributed by atoms with E-state index in [0.717, 1.165) is 0 Å². The molecule has 0 aliphatic carbocycles. The number of fused-ring (bicyclic) bond motifs is 1. The van der Waals surface area contributed by atoms with Gasteiger partial charge in [-0.25, -0.2) is 14.4 Å². The van der Waals surface area contributed by atoms with Crippen molar-refractivity contribution in [2.45, 2.75) is 26.8 Å². The number of piperazine rings is 1. The van der Waals surface area contributed by atoms with Crippen LogP contribution in [0.2, 0.25) is 0 Å². The van der Waals surface area contributed by atoms with E-state index in [4.69, 9.17) is 0 Å². The lowest BCUT2D eigenvalue weighted by atomic mass is 10.1. The minimum Gasteiger partial charge on any atom is -0.365 e. The van der Waals surface area contributed by atoms with Crippen LogP contribution in [0.3, 0.4) is 0 Å². The van der Waals surface area contributed by atoms with Crippen LogP contribution in [-0.2, 0) is 13.0 Å². The van der Waals surface area contributed by atoms with Crippen molar-refractivity contribution in [3.05, 3.63) is 63.3 Å². The molecule has 6 nitrogen and oxygen atoms in total. The first-order chi connectivity index (χ1) is 14.0. The normalized spacial score (nSPS) is 15.2. The van der Waals surface area contributed by atoms with E-state index < -0.39 is 11.8 Å². The third-order valence-electron chi connectivity index (χ3n) is 5.37. The van der Waals surface area contributed by atoms with Gasteiger partial charge in [0, 0.05) is 44.0 Å². The zero-order valence-electron chi connectivity index (χ0n) is 16.5. The van der Waals surface area contributed by atoms with Crippen molar-refractivity contribution in [1.82, 2.24) is 19.9 Å². The number of nitrogens with one attached hydrogen (secondary N) is 1. The summed E-state index contributed by atoms with van der Waals surface area (Å²) in [5, 5.41) is 0. The first-order valence-corrected chi connectivity index (χ1v) is 9.77. The molecule has 1 aliphatic rings. The minimum atomic E-state index is -0.457. The van der Waals surface area contributed by atoms with Crippen LogP contribution in [0, 0.1) is 18.7 Å². The summed E-state index contributed by atoms with van der Waals surface area (Å²) in [6, 6.07) is 7.02. The van der Waals surface area contributed by atoms with Crippen molar-refractivity contribution in [3.63, 3.8) is 0 Å². The number of benzene rings is 1. The molecule has 29 heavy (non-hydrogen) atoms. The van der Waals surface area contributed by atoms with Crippen LogP contribution in [0.4, 0.5) is 14.5 Å². The zero-order valence-corrected chi connectivity index (χ0v) is 16.5. The van der Waals surface area contributed by atoms with E-state index in [1.54, 1.807) is 31.2 Å². The summed E-state index contributed by atoms with van der Waals surface area (Å²) in [6.07, 6.45) is 0.496. The van der Waals surface area contributed by atoms with Crippen LogP contribution in [0.1, 0.15) is 23.9 Å². The highest BCUT2D eigenvalue weighted by molar-refractivity contribution is 5.75. The minimum absolute atomic E-state index is 0.149. The fraction of sp³-hybridized carbons (Fsp3) is 0.381. The average Bonchev–Trinajstić information content (AvgIpc) is 2.71. The lowest BCUT2D eigenvalue weighted by molar-refractivity contribution is 0.246. The maximum absolute atomic E-state index is 15.0. The van der Waals surface area contributed by atoms with Gasteiger partial charge in [-0.3, -0.25) is 9.69 Å². The molecule has 4 rings (SSSR count). The van der Waals surface area contributed by atoms with Gasteiger partial charge in [-0.15, -0.1) is 0 Å². The Hall–Kier alpha value is -2.87. The Labute approximate surface area is 167 Å². The third-order valence-corrected chi connectivity index (χ3v) is 5.37. The Morgan fingerprint density at radius 1 is 1.07 bits per heavy atom. The van der Waals surface area contributed by atoms with Crippen molar-refractivity contribution in [3.8, 4) is 0 Å². The fourth-order valence-corrected chi connectivity index (χ4v) is 3.71.